The molecular weight excluding hydrogens is 188 g/mol. The van der Waals surface area contributed by atoms with Gasteiger partial charge in [0.1, 0.15) is 0 Å². The predicted octanol–water partition coefficient (Wildman–Crippen LogP) is 2.29. The third kappa shape index (κ3) is 1.68. The Kier molecular flexibility index (Phi) is 2.37. The monoisotopic (exact) mass is 200 g/mol. The van der Waals surface area contributed by atoms with Crippen molar-refractivity contribution < 1.29 is 4.79 Å². The van der Waals surface area contributed by atoms with E-state index < -0.39 is 0 Å². The first-order valence-corrected chi connectivity index (χ1v) is 4.78. The minimum absolute atomic E-state index is 0.0757. The maximum Gasteiger partial charge on any atom is 0.160 e. The molecule has 0 fully saturated rings. The summed E-state index contributed by atoms with van der Waals surface area (Å²) in [5.41, 5.74) is 2.63. The Balaban J connectivity index is 2.63. The maximum atomic E-state index is 11.4. The number of benzene rings is 1. The van der Waals surface area contributed by atoms with Crippen molar-refractivity contribution in [1.82, 2.24) is 9.78 Å². The second kappa shape index (κ2) is 3.69. The van der Waals surface area contributed by atoms with Gasteiger partial charge in [-0.2, -0.15) is 5.10 Å². The van der Waals surface area contributed by atoms with Gasteiger partial charge < -0.3 is 0 Å². The number of aromatic nitrogens is 2. The summed E-state index contributed by atoms with van der Waals surface area (Å²) in [7, 11) is 1.87. The van der Waals surface area contributed by atoms with Gasteiger partial charge in [-0.15, -0.1) is 0 Å². The summed E-state index contributed by atoms with van der Waals surface area (Å²) in [6.45, 7) is 1.58. The zero-order valence-corrected chi connectivity index (χ0v) is 8.77. The molecule has 0 radical (unpaired) electrons. The van der Waals surface area contributed by atoms with Crippen molar-refractivity contribution in [3.05, 3.63) is 42.1 Å². The van der Waals surface area contributed by atoms with Gasteiger partial charge in [0.15, 0.2) is 5.78 Å². The summed E-state index contributed by atoms with van der Waals surface area (Å²) in [6, 6.07) is 9.48. The van der Waals surface area contributed by atoms with Crippen LogP contribution in [0.4, 0.5) is 0 Å². The van der Waals surface area contributed by atoms with Crippen LogP contribution in [0.25, 0.3) is 11.3 Å². The lowest BCUT2D eigenvalue weighted by Gasteiger charge is -2.06. The first-order valence-electron chi connectivity index (χ1n) is 4.78. The van der Waals surface area contributed by atoms with E-state index in [-0.39, 0.29) is 5.78 Å². The summed E-state index contributed by atoms with van der Waals surface area (Å²) < 4.78 is 1.77. The SMILES string of the molecule is CC(=O)c1ccccc1-c1ccnn1C. The Morgan fingerprint density at radius 2 is 2.00 bits per heavy atom. The number of aryl methyl sites for hydroxylation is 1. The molecule has 2 aromatic rings. The molecular formula is C12H12N2O. The second-order valence-electron chi connectivity index (χ2n) is 3.44. The number of rotatable bonds is 2. The van der Waals surface area contributed by atoms with E-state index in [9.17, 15) is 4.79 Å². The molecule has 1 heterocycles. The van der Waals surface area contributed by atoms with E-state index in [4.69, 9.17) is 0 Å². The lowest BCUT2D eigenvalue weighted by Crippen LogP contribution is -1.99. The van der Waals surface area contributed by atoms with E-state index in [0.29, 0.717) is 0 Å². The number of hydrogen-bond donors (Lipinski definition) is 0. The molecule has 15 heavy (non-hydrogen) atoms. The van der Waals surface area contributed by atoms with E-state index in [1.54, 1.807) is 17.8 Å². The molecule has 0 aliphatic carbocycles. The van der Waals surface area contributed by atoms with E-state index in [1.165, 1.54) is 0 Å². The average molecular weight is 200 g/mol. The van der Waals surface area contributed by atoms with Crippen LogP contribution in [0.3, 0.4) is 0 Å². The van der Waals surface area contributed by atoms with Crippen LogP contribution >= 0.6 is 0 Å². The molecule has 0 aliphatic heterocycles. The maximum absolute atomic E-state index is 11.4. The molecule has 0 bridgehead atoms. The Morgan fingerprint density at radius 3 is 2.60 bits per heavy atom. The summed E-state index contributed by atoms with van der Waals surface area (Å²) >= 11 is 0. The molecule has 76 valence electrons. The van der Waals surface area contributed by atoms with E-state index in [2.05, 4.69) is 5.10 Å². The normalized spacial score (nSPS) is 10.3. The summed E-state index contributed by atoms with van der Waals surface area (Å²) in [4.78, 5) is 11.4. The van der Waals surface area contributed by atoms with Crippen molar-refractivity contribution >= 4 is 5.78 Å². The third-order valence-electron chi connectivity index (χ3n) is 2.40. The van der Waals surface area contributed by atoms with Crippen LogP contribution in [0.5, 0.6) is 0 Å². The minimum atomic E-state index is 0.0757. The molecule has 0 atom stereocenters. The largest absolute Gasteiger partial charge is 0.294 e. The van der Waals surface area contributed by atoms with Crippen LogP contribution in [-0.2, 0) is 7.05 Å². The highest BCUT2D eigenvalue weighted by atomic mass is 16.1. The molecule has 1 aromatic heterocycles. The van der Waals surface area contributed by atoms with Crippen molar-refractivity contribution in [3.63, 3.8) is 0 Å². The predicted molar refractivity (Wildman–Crippen MR) is 58.6 cm³/mol. The van der Waals surface area contributed by atoms with Crippen LogP contribution in [0, 0.1) is 0 Å². The van der Waals surface area contributed by atoms with Crippen LogP contribution < -0.4 is 0 Å². The smallest absolute Gasteiger partial charge is 0.160 e. The fraction of sp³-hybridized carbons (Fsp3) is 0.167. The summed E-state index contributed by atoms with van der Waals surface area (Å²) in [6.07, 6.45) is 1.73. The molecule has 0 amide bonds. The molecule has 1 aromatic carbocycles. The highest BCUT2D eigenvalue weighted by molar-refractivity contribution is 6.00. The standard InChI is InChI=1S/C12H12N2O/c1-9(15)10-5-3-4-6-11(10)12-7-8-13-14(12)2/h3-8H,1-2H3. The van der Waals surface area contributed by atoms with Gasteiger partial charge in [0.25, 0.3) is 0 Å². The molecule has 0 N–H and O–H groups in total. The quantitative estimate of drug-likeness (QED) is 0.697. The van der Waals surface area contributed by atoms with Gasteiger partial charge in [-0.1, -0.05) is 24.3 Å². The molecule has 0 unspecified atom stereocenters. The first-order chi connectivity index (χ1) is 7.20. The van der Waals surface area contributed by atoms with Gasteiger partial charge in [-0.3, -0.25) is 9.48 Å². The highest BCUT2D eigenvalue weighted by Gasteiger charge is 2.10. The van der Waals surface area contributed by atoms with Gasteiger partial charge >= 0.3 is 0 Å². The van der Waals surface area contributed by atoms with E-state index in [1.807, 2.05) is 37.4 Å². The van der Waals surface area contributed by atoms with E-state index >= 15 is 0 Å². The van der Waals surface area contributed by atoms with Crippen LogP contribution in [0.1, 0.15) is 17.3 Å². The highest BCUT2D eigenvalue weighted by Crippen LogP contribution is 2.22. The molecule has 0 saturated heterocycles. The molecule has 3 nitrogen and oxygen atoms in total. The third-order valence-corrected chi connectivity index (χ3v) is 2.40. The van der Waals surface area contributed by atoms with Crippen molar-refractivity contribution in [2.45, 2.75) is 6.92 Å². The summed E-state index contributed by atoms with van der Waals surface area (Å²) in [5.74, 6) is 0.0757. The summed E-state index contributed by atoms with van der Waals surface area (Å²) in [5, 5.41) is 4.10. The average Bonchev–Trinajstić information content (AvgIpc) is 2.64. The first kappa shape index (κ1) is 9.65. The number of ketones is 1. The zero-order chi connectivity index (χ0) is 10.8. The molecule has 0 saturated carbocycles. The van der Waals surface area contributed by atoms with E-state index in [0.717, 1.165) is 16.8 Å². The molecule has 3 heteroatoms. The second-order valence-corrected chi connectivity index (χ2v) is 3.44. The van der Waals surface area contributed by atoms with Crippen molar-refractivity contribution in [2.75, 3.05) is 0 Å². The zero-order valence-electron chi connectivity index (χ0n) is 8.77. The minimum Gasteiger partial charge on any atom is -0.294 e. The van der Waals surface area contributed by atoms with Crippen LogP contribution in [-0.4, -0.2) is 15.6 Å². The van der Waals surface area contributed by atoms with Crippen molar-refractivity contribution in [1.29, 1.82) is 0 Å². The molecule has 2 rings (SSSR count). The fourth-order valence-electron chi connectivity index (χ4n) is 1.65. The number of Topliss-reactive ketones (excluding diaryl/α,β-unsaturated/α-hetero) is 1. The van der Waals surface area contributed by atoms with Gasteiger partial charge in [-0.25, -0.2) is 0 Å². The van der Waals surface area contributed by atoms with Gasteiger partial charge in [0.05, 0.1) is 5.69 Å². The number of nitrogens with zero attached hydrogens (tertiary/aromatic N) is 2. The van der Waals surface area contributed by atoms with Gasteiger partial charge in [0.2, 0.25) is 0 Å². The van der Waals surface area contributed by atoms with Crippen molar-refractivity contribution in [2.24, 2.45) is 7.05 Å². The lowest BCUT2D eigenvalue weighted by atomic mass is 10.0. The van der Waals surface area contributed by atoms with Crippen LogP contribution in [0.2, 0.25) is 0 Å². The van der Waals surface area contributed by atoms with Crippen molar-refractivity contribution in [3.8, 4) is 11.3 Å². The van der Waals surface area contributed by atoms with Crippen LogP contribution in [0.15, 0.2) is 36.5 Å². The molecule has 0 spiro atoms. The fourth-order valence-corrected chi connectivity index (χ4v) is 1.65. The van der Waals surface area contributed by atoms with Gasteiger partial charge in [-0.05, 0) is 13.0 Å². The molecule has 0 aliphatic rings. The Hall–Kier alpha value is -1.90. The lowest BCUT2D eigenvalue weighted by molar-refractivity contribution is 0.101. The number of carbonyl (C=O) groups excluding carboxylic acids is 1. The Bertz CT molecular complexity index is 500. The topological polar surface area (TPSA) is 34.9 Å². The Morgan fingerprint density at radius 1 is 1.27 bits per heavy atom. The van der Waals surface area contributed by atoms with Gasteiger partial charge in [0, 0.05) is 24.4 Å². The number of hydrogen-bond acceptors (Lipinski definition) is 2. The Labute approximate surface area is 88.4 Å². The number of carbonyl (C=O) groups is 1.